The standard InChI is InChI=1S/C22H31O4P/c1-21(2,3)19-13-9-7-11-16(19)18(15-26-27(23,24)25)17-12-8-10-14-20(17)22(4,5)6/h7-14,18H,15H2,1-6H3,(H2,23,24,25). The fourth-order valence-corrected chi connectivity index (χ4v) is 3.83. The van der Waals surface area contributed by atoms with Gasteiger partial charge in [0.1, 0.15) is 0 Å². The van der Waals surface area contributed by atoms with E-state index in [-0.39, 0.29) is 23.4 Å². The molecule has 2 aromatic rings. The zero-order valence-electron chi connectivity index (χ0n) is 17.1. The molecule has 148 valence electrons. The third-order valence-corrected chi connectivity index (χ3v) is 5.18. The molecule has 0 aromatic heterocycles. The first kappa shape index (κ1) is 21.8. The van der Waals surface area contributed by atoms with E-state index in [0.717, 1.165) is 22.3 Å². The van der Waals surface area contributed by atoms with Crippen molar-refractivity contribution >= 4 is 7.82 Å². The molecule has 0 fully saturated rings. The van der Waals surface area contributed by atoms with Gasteiger partial charge in [-0.2, -0.15) is 0 Å². The van der Waals surface area contributed by atoms with Gasteiger partial charge in [-0.15, -0.1) is 0 Å². The lowest BCUT2D eigenvalue weighted by atomic mass is 9.74. The average Bonchev–Trinajstić information content (AvgIpc) is 2.53. The summed E-state index contributed by atoms with van der Waals surface area (Å²) in [5.41, 5.74) is 4.16. The van der Waals surface area contributed by atoms with E-state index in [0.29, 0.717) is 0 Å². The normalized spacial score (nSPS) is 13.2. The van der Waals surface area contributed by atoms with E-state index in [1.54, 1.807) is 0 Å². The summed E-state index contributed by atoms with van der Waals surface area (Å²) in [5.74, 6) is -0.275. The molecule has 0 heterocycles. The average molecular weight is 390 g/mol. The summed E-state index contributed by atoms with van der Waals surface area (Å²) in [6, 6.07) is 16.2. The first-order valence-corrected chi connectivity index (χ1v) is 10.7. The number of hydrogen-bond acceptors (Lipinski definition) is 2. The van der Waals surface area contributed by atoms with Crippen LogP contribution in [0.25, 0.3) is 0 Å². The number of phosphoric ester groups is 1. The van der Waals surface area contributed by atoms with E-state index in [2.05, 4.69) is 53.7 Å². The van der Waals surface area contributed by atoms with Crippen LogP contribution >= 0.6 is 7.82 Å². The first-order valence-electron chi connectivity index (χ1n) is 9.19. The van der Waals surface area contributed by atoms with Crippen molar-refractivity contribution in [3.63, 3.8) is 0 Å². The van der Waals surface area contributed by atoms with E-state index in [4.69, 9.17) is 4.52 Å². The molecule has 0 saturated carbocycles. The molecule has 0 spiro atoms. The summed E-state index contributed by atoms with van der Waals surface area (Å²) in [6.45, 7) is 12.8. The lowest BCUT2D eigenvalue weighted by Crippen LogP contribution is -2.22. The van der Waals surface area contributed by atoms with Crippen LogP contribution in [-0.4, -0.2) is 16.4 Å². The van der Waals surface area contributed by atoms with Crippen LogP contribution in [0.15, 0.2) is 48.5 Å². The van der Waals surface area contributed by atoms with Gasteiger partial charge in [0.25, 0.3) is 0 Å². The van der Waals surface area contributed by atoms with Crippen molar-refractivity contribution in [1.82, 2.24) is 0 Å². The van der Waals surface area contributed by atoms with E-state index in [1.807, 2.05) is 36.4 Å². The zero-order chi connectivity index (χ0) is 20.5. The Morgan fingerprint density at radius 1 is 0.815 bits per heavy atom. The van der Waals surface area contributed by atoms with Crippen molar-refractivity contribution < 1.29 is 18.9 Å². The Bertz CT molecular complexity index is 767. The van der Waals surface area contributed by atoms with Crippen LogP contribution in [0.1, 0.15) is 69.7 Å². The van der Waals surface area contributed by atoms with Gasteiger partial charge in [0.15, 0.2) is 0 Å². The van der Waals surface area contributed by atoms with Crippen molar-refractivity contribution in [2.45, 2.75) is 58.3 Å². The minimum absolute atomic E-state index is 0.0789. The second kappa shape index (κ2) is 7.89. The molecular weight excluding hydrogens is 359 g/mol. The van der Waals surface area contributed by atoms with Crippen molar-refractivity contribution in [3.8, 4) is 0 Å². The molecule has 2 N–H and O–H groups in total. The molecule has 0 bridgehead atoms. The van der Waals surface area contributed by atoms with Crippen LogP contribution in [0.3, 0.4) is 0 Å². The Morgan fingerprint density at radius 2 is 1.19 bits per heavy atom. The predicted octanol–water partition coefficient (Wildman–Crippen LogP) is 5.52. The van der Waals surface area contributed by atoms with Crippen LogP contribution < -0.4 is 0 Å². The minimum atomic E-state index is -4.57. The summed E-state index contributed by atoms with van der Waals surface area (Å²) >= 11 is 0. The molecule has 0 aliphatic rings. The number of benzene rings is 2. The number of phosphoric acid groups is 1. The van der Waals surface area contributed by atoms with Crippen LogP contribution in [0.2, 0.25) is 0 Å². The second-order valence-corrected chi connectivity index (χ2v) is 10.3. The van der Waals surface area contributed by atoms with E-state index in [9.17, 15) is 14.4 Å². The minimum Gasteiger partial charge on any atom is -0.303 e. The van der Waals surface area contributed by atoms with Gasteiger partial charge in [-0.3, -0.25) is 4.52 Å². The maximum Gasteiger partial charge on any atom is 0.469 e. The third-order valence-electron chi connectivity index (χ3n) is 4.70. The Balaban J connectivity index is 2.68. The third kappa shape index (κ3) is 5.76. The van der Waals surface area contributed by atoms with E-state index >= 15 is 0 Å². The van der Waals surface area contributed by atoms with Crippen molar-refractivity contribution in [2.75, 3.05) is 6.61 Å². The molecule has 2 aromatic carbocycles. The summed E-state index contributed by atoms with van der Waals surface area (Å²) in [6.07, 6.45) is 0. The van der Waals surface area contributed by atoms with Gasteiger partial charge in [-0.05, 0) is 33.1 Å². The van der Waals surface area contributed by atoms with Gasteiger partial charge in [0.2, 0.25) is 0 Å². The fourth-order valence-electron chi connectivity index (χ4n) is 3.49. The van der Waals surface area contributed by atoms with Gasteiger partial charge in [0.05, 0.1) is 6.61 Å². The molecule has 4 nitrogen and oxygen atoms in total. The Labute approximate surface area is 162 Å². The summed E-state index contributed by atoms with van der Waals surface area (Å²) in [4.78, 5) is 18.6. The van der Waals surface area contributed by atoms with Gasteiger partial charge < -0.3 is 9.79 Å². The van der Waals surface area contributed by atoms with Crippen LogP contribution in [0, 0.1) is 0 Å². The topological polar surface area (TPSA) is 66.8 Å². The lowest BCUT2D eigenvalue weighted by molar-refractivity contribution is 0.191. The summed E-state index contributed by atoms with van der Waals surface area (Å²) in [5, 5.41) is 0. The van der Waals surface area contributed by atoms with Crippen LogP contribution in [-0.2, 0) is 19.9 Å². The molecule has 0 unspecified atom stereocenters. The number of hydrogen-bond donors (Lipinski definition) is 2. The van der Waals surface area contributed by atoms with Crippen molar-refractivity contribution in [3.05, 3.63) is 70.8 Å². The molecule has 0 saturated heterocycles. The van der Waals surface area contributed by atoms with Crippen LogP contribution in [0.5, 0.6) is 0 Å². The second-order valence-electron chi connectivity index (χ2n) is 9.01. The van der Waals surface area contributed by atoms with E-state index in [1.165, 1.54) is 0 Å². The molecule has 2 rings (SSSR count). The van der Waals surface area contributed by atoms with Gasteiger partial charge in [-0.25, -0.2) is 4.57 Å². The SMILES string of the molecule is CC(C)(C)c1ccccc1C(COP(=O)(O)O)c1ccccc1C(C)(C)C. The van der Waals surface area contributed by atoms with E-state index < -0.39 is 7.82 Å². The molecule has 5 heteroatoms. The quantitative estimate of drug-likeness (QED) is 0.660. The lowest BCUT2D eigenvalue weighted by Gasteiger charge is -2.31. The molecule has 0 aliphatic carbocycles. The Hall–Kier alpha value is -1.45. The highest BCUT2D eigenvalue weighted by Crippen LogP contribution is 2.42. The van der Waals surface area contributed by atoms with Crippen molar-refractivity contribution in [2.24, 2.45) is 0 Å². The Kier molecular flexibility index (Phi) is 6.38. The fraction of sp³-hybridized carbons (Fsp3) is 0.455. The van der Waals surface area contributed by atoms with Crippen LogP contribution in [0.4, 0.5) is 0 Å². The zero-order valence-corrected chi connectivity index (χ0v) is 18.0. The van der Waals surface area contributed by atoms with Gasteiger partial charge >= 0.3 is 7.82 Å². The Morgan fingerprint density at radius 3 is 1.52 bits per heavy atom. The summed E-state index contributed by atoms with van der Waals surface area (Å²) < 4.78 is 16.4. The first-order chi connectivity index (χ1) is 12.3. The maximum absolute atomic E-state index is 11.4. The molecule has 27 heavy (non-hydrogen) atoms. The van der Waals surface area contributed by atoms with Gasteiger partial charge in [-0.1, -0.05) is 90.1 Å². The molecule has 0 aliphatic heterocycles. The highest BCUT2D eigenvalue weighted by molar-refractivity contribution is 7.46. The monoisotopic (exact) mass is 390 g/mol. The highest BCUT2D eigenvalue weighted by Gasteiger charge is 2.30. The number of rotatable bonds is 5. The van der Waals surface area contributed by atoms with Gasteiger partial charge in [0, 0.05) is 5.92 Å². The highest BCUT2D eigenvalue weighted by atomic mass is 31.2. The molecule has 0 atom stereocenters. The molecule has 0 radical (unpaired) electrons. The summed E-state index contributed by atoms with van der Waals surface area (Å²) in [7, 11) is -4.57. The largest absolute Gasteiger partial charge is 0.469 e. The molecular formula is C22H31O4P. The smallest absolute Gasteiger partial charge is 0.303 e. The predicted molar refractivity (Wildman–Crippen MR) is 110 cm³/mol. The van der Waals surface area contributed by atoms with Crippen molar-refractivity contribution in [1.29, 1.82) is 0 Å². The maximum atomic E-state index is 11.4. The molecule has 0 amide bonds.